The average Bonchev–Trinajstić information content (AvgIpc) is 2.29. The summed E-state index contributed by atoms with van der Waals surface area (Å²) in [4.78, 5) is 0. The molecule has 1 heterocycles. The van der Waals surface area contributed by atoms with E-state index in [1.165, 1.54) is 0 Å². The fraction of sp³-hybridized carbons (Fsp3) is 1.00. The largest absolute Gasteiger partial charge is 0.460 e. The normalized spacial score (nSPS) is 24.3. The molecule has 1 saturated heterocycles. The molecule has 132 valence electrons. The molecule has 1 fully saturated rings. The van der Waals surface area contributed by atoms with Crippen LogP contribution in [-0.2, 0) is 14.3 Å². The summed E-state index contributed by atoms with van der Waals surface area (Å²) >= 11 is 0. The molecule has 3 nitrogen and oxygen atoms in total. The molecule has 13 heteroatoms. The van der Waals surface area contributed by atoms with Crippen molar-refractivity contribution in [2.75, 3.05) is 6.61 Å². The van der Waals surface area contributed by atoms with E-state index in [2.05, 4.69) is 4.18 Å². The zero-order chi connectivity index (χ0) is 17.6. The van der Waals surface area contributed by atoms with Gasteiger partial charge < -0.3 is 0 Å². The van der Waals surface area contributed by atoms with E-state index in [4.69, 9.17) is 0 Å². The summed E-state index contributed by atoms with van der Waals surface area (Å²) < 4.78 is 140. The highest BCUT2D eigenvalue weighted by molar-refractivity contribution is 7.87. The van der Waals surface area contributed by atoms with E-state index in [1.807, 2.05) is 0 Å². The molecule has 0 aromatic rings. The summed E-state index contributed by atoms with van der Waals surface area (Å²) in [5.41, 5.74) is 0. The maximum absolute atomic E-state index is 13.3. The van der Waals surface area contributed by atoms with Crippen molar-refractivity contribution in [1.29, 1.82) is 0 Å². The molecule has 1 aliphatic rings. The van der Waals surface area contributed by atoms with Crippen LogP contribution in [0.2, 0.25) is 0 Å². The lowest BCUT2D eigenvalue weighted by Crippen LogP contribution is -2.61. The highest BCUT2D eigenvalue weighted by Crippen LogP contribution is 2.54. The minimum absolute atomic E-state index is 0.152. The number of halogens is 9. The minimum Gasteiger partial charge on any atom is -0.270 e. The third-order valence-corrected chi connectivity index (χ3v) is 4.73. The van der Waals surface area contributed by atoms with Gasteiger partial charge in [-0.15, -0.1) is 0 Å². The van der Waals surface area contributed by atoms with Crippen LogP contribution in [-0.4, -0.2) is 44.2 Å². The maximum atomic E-state index is 13.3. The van der Waals surface area contributed by atoms with Gasteiger partial charge in [0.15, 0.2) is 0 Å². The van der Waals surface area contributed by atoms with Crippen LogP contribution < -0.4 is 0 Å². The molecule has 0 saturated carbocycles. The number of hydrogen-bond donors (Lipinski definition) is 0. The Morgan fingerprint density at radius 1 is 0.909 bits per heavy atom. The average molecular weight is 368 g/mol. The third-order valence-electron chi connectivity index (χ3n) is 3.02. The van der Waals surface area contributed by atoms with Gasteiger partial charge in [-0.25, -0.2) is 0 Å². The van der Waals surface area contributed by atoms with Crippen molar-refractivity contribution in [3.05, 3.63) is 0 Å². The van der Waals surface area contributed by atoms with Crippen LogP contribution in [0, 0.1) is 0 Å². The zero-order valence-electron chi connectivity index (χ0n) is 10.4. The second kappa shape index (κ2) is 5.42. The monoisotopic (exact) mass is 368 g/mol. The Bertz CT molecular complexity index is 511. The summed E-state index contributed by atoms with van der Waals surface area (Å²) in [7, 11) is -4.74. The topological polar surface area (TPSA) is 43.4 Å². The Balaban J connectivity index is 3.12. The lowest BCUT2D eigenvalue weighted by Gasteiger charge is -2.35. The molecule has 1 rings (SSSR count). The van der Waals surface area contributed by atoms with Crippen molar-refractivity contribution in [3.8, 4) is 0 Å². The van der Waals surface area contributed by atoms with E-state index >= 15 is 0 Å². The van der Waals surface area contributed by atoms with Crippen LogP contribution in [0.5, 0.6) is 0 Å². The predicted molar refractivity (Wildman–Crippen MR) is 53.4 cm³/mol. The van der Waals surface area contributed by atoms with Crippen molar-refractivity contribution in [1.82, 2.24) is 0 Å². The molecule has 0 radical (unpaired) electrons. The van der Waals surface area contributed by atoms with E-state index in [9.17, 15) is 47.9 Å². The molecular weight excluding hydrogens is 359 g/mol. The Labute approximate surface area is 118 Å². The number of rotatable bonds is 4. The first-order valence-corrected chi connectivity index (χ1v) is 7.12. The smallest absolute Gasteiger partial charge is 0.270 e. The molecule has 0 amide bonds. The Hall–Kier alpha value is -0.720. The highest BCUT2D eigenvalue weighted by Gasteiger charge is 2.81. The molecule has 0 spiro atoms. The molecule has 0 aliphatic carbocycles. The van der Waals surface area contributed by atoms with Crippen LogP contribution in [0.1, 0.15) is 19.3 Å². The van der Waals surface area contributed by atoms with Crippen LogP contribution >= 0.6 is 0 Å². The van der Waals surface area contributed by atoms with Crippen LogP contribution in [0.3, 0.4) is 0 Å². The second-order valence-corrected chi connectivity index (χ2v) is 6.52. The first-order chi connectivity index (χ1) is 9.56. The Kier molecular flexibility index (Phi) is 4.77. The molecule has 1 aliphatic heterocycles. The van der Waals surface area contributed by atoms with Gasteiger partial charge in [0.2, 0.25) is 0 Å². The molecular formula is C9H9F9O3S. The first-order valence-electron chi connectivity index (χ1n) is 5.65. The molecule has 0 N–H and O–H groups in total. The highest BCUT2D eigenvalue weighted by atomic mass is 32.2. The number of hydrogen-bond acceptors (Lipinski definition) is 3. The van der Waals surface area contributed by atoms with Crippen molar-refractivity contribution in [3.63, 3.8) is 0 Å². The molecule has 1 unspecified atom stereocenters. The molecule has 0 aromatic heterocycles. The summed E-state index contributed by atoms with van der Waals surface area (Å²) in [6, 6.07) is 0. The van der Waals surface area contributed by atoms with Crippen LogP contribution in [0.25, 0.3) is 0 Å². The standard InChI is InChI=1S/C9H9F9O3S/c10-6(11,4-5-2-1-3-21-22(5,19)20)7(12,13)8(14,15)9(16,17)18/h5H,1-4H2. The molecule has 0 bridgehead atoms. The van der Waals surface area contributed by atoms with Crippen molar-refractivity contribution in [2.24, 2.45) is 0 Å². The summed E-state index contributed by atoms with van der Waals surface area (Å²) in [5, 5.41) is -2.30. The third kappa shape index (κ3) is 3.14. The van der Waals surface area contributed by atoms with Gasteiger partial charge >= 0.3 is 23.9 Å². The van der Waals surface area contributed by atoms with Crippen molar-refractivity contribution in [2.45, 2.75) is 48.5 Å². The lowest BCUT2D eigenvalue weighted by atomic mass is 9.98. The van der Waals surface area contributed by atoms with Gasteiger partial charge in [0.25, 0.3) is 10.1 Å². The fourth-order valence-corrected chi connectivity index (χ4v) is 3.16. The van der Waals surface area contributed by atoms with Crippen molar-refractivity contribution >= 4 is 10.1 Å². The molecule has 0 aromatic carbocycles. The molecule has 1 atom stereocenters. The lowest BCUT2D eigenvalue weighted by molar-refractivity contribution is -0.396. The van der Waals surface area contributed by atoms with E-state index in [-0.39, 0.29) is 6.42 Å². The van der Waals surface area contributed by atoms with Gasteiger partial charge in [0, 0.05) is 6.42 Å². The van der Waals surface area contributed by atoms with Gasteiger partial charge in [0.1, 0.15) is 0 Å². The summed E-state index contributed by atoms with van der Waals surface area (Å²) in [6.45, 7) is -0.417. The number of alkyl halides is 9. The van der Waals surface area contributed by atoms with Crippen LogP contribution in [0.4, 0.5) is 39.5 Å². The van der Waals surface area contributed by atoms with E-state index in [0.717, 1.165) is 0 Å². The van der Waals surface area contributed by atoms with E-state index in [1.54, 1.807) is 0 Å². The van der Waals surface area contributed by atoms with Gasteiger partial charge in [-0.1, -0.05) is 0 Å². The Morgan fingerprint density at radius 2 is 1.41 bits per heavy atom. The van der Waals surface area contributed by atoms with Crippen molar-refractivity contribution < 1.29 is 52.1 Å². The summed E-state index contributed by atoms with van der Waals surface area (Å²) in [6.07, 6.45) is -10.1. The first kappa shape index (κ1) is 19.3. The van der Waals surface area contributed by atoms with Gasteiger partial charge in [-0.3, -0.25) is 4.18 Å². The molecule has 22 heavy (non-hydrogen) atoms. The minimum atomic E-state index is -7.03. The summed E-state index contributed by atoms with van der Waals surface area (Å²) in [5.74, 6) is -19.8. The van der Waals surface area contributed by atoms with Gasteiger partial charge in [0.05, 0.1) is 11.9 Å². The Morgan fingerprint density at radius 3 is 1.82 bits per heavy atom. The quantitative estimate of drug-likeness (QED) is 0.565. The van der Waals surface area contributed by atoms with E-state index < -0.39 is 58.8 Å². The van der Waals surface area contributed by atoms with E-state index in [0.29, 0.717) is 0 Å². The maximum Gasteiger partial charge on any atom is 0.460 e. The van der Waals surface area contributed by atoms with Gasteiger partial charge in [-0.2, -0.15) is 47.9 Å². The zero-order valence-corrected chi connectivity index (χ0v) is 11.3. The predicted octanol–water partition coefficient (Wildman–Crippen LogP) is 3.35. The van der Waals surface area contributed by atoms with Gasteiger partial charge in [-0.05, 0) is 12.8 Å². The second-order valence-electron chi connectivity index (χ2n) is 4.63. The van der Waals surface area contributed by atoms with Crippen LogP contribution in [0.15, 0.2) is 0 Å². The fourth-order valence-electron chi connectivity index (χ4n) is 1.75. The SMILES string of the molecule is O=S1(=O)OCCCC1CC(F)(F)C(F)(F)C(F)(F)C(F)(F)F.